The fourth-order valence-corrected chi connectivity index (χ4v) is 4.14. The third kappa shape index (κ3) is 5.22. The van der Waals surface area contributed by atoms with Crippen molar-refractivity contribution in [2.45, 2.75) is 11.8 Å². The van der Waals surface area contributed by atoms with Gasteiger partial charge in [-0.2, -0.15) is 0 Å². The maximum absolute atomic E-state index is 12.4. The van der Waals surface area contributed by atoms with E-state index >= 15 is 0 Å². The van der Waals surface area contributed by atoms with E-state index in [1.54, 1.807) is 31.2 Å². The minimum absolute atomic E-state index is 0.0773. The minimum atomic E-state index is -3.77. The quantitative estimate of drug-likeness (QED) is 0.423. The molecule has 0 amide bonds. The predicted octanol–water partition coefficient (Wildman–Crippen LogP) is 5.01. The Morgan fingerprint density at radius 2 is 1.86 bits per heavy atom. The number of halogens is 2. The van der Waals surface area contributed by atoms with Gasteiger partial charge in [-0.1, -0.05) is 32.7 Å². The van der Waals surface area contributed by atoms with Crippen LogP contribution < -0.4 is 15.4 Å². The monoisotopic (exact) mass is 500 g/mol. The molecule has 0 saturated heterocycles. The van der Waals surface area contributed by atoms with Crippen molar-refractivity contribution < 1.29 is 12.9 Å². The first-order valence-electron chi connectivity index (χ1n) is 7.82. The second kappa shape index (κ2) is 8.48. The molecule has 3 rings (SSSR count). The number of rotatable bonds is 5. The normalized spacial score (nSPS) is 11.1. The molecule has 2 aromatic carbocycles. The summed E-state index contributed by atoms with van der Waals surface area (Å²) in [4.78, 5) is 0.0773. The van der Waals surface area contributed by atoms with Gasteiger partial charge in [0.25, 0.3) is 10.0 Å². The van der Waals surface area contributed by atoms with Crippen LogP contribution in [0, 0.1) is 6.92 Å². The molecule has 0 unspecified atom stereocenters. The Hall–Kier alpha value is -2.14. The molecule has 11 heteroatoms. The fraction of sp³-hybridized carbons (Fsp3) is 0.0588. The van der Waals surface area contributed by atoms with Crippen molar-refractivity contribution in [2.24, 2.45) is 0 Å². The average Bonchev–Trinajstić information content (AvgIpc) is 3.02. The molecule has 0 atom stereocenters. The van der Waals surface area contributed by atoms with E-state index in [-0.39, 0.29) is 10.7 Å². The molecule has 0 aliphatic carbocycles. The molecule has 0 bridgehead atoms. The van der Waals surface area contributed by atoms with Crippen LogP contribution in [0.1, 0.15) is 5.76 Å². The molecule has 1 heterocycles. The van der Waals surface area contributed by atoms with Gasteiger partial charge in [-0.15, -0.1) is 0 Å². The van der Waals surface area contributed by atoms with Crippen molar-refractivity contribution >= 4 is 72.1 Å². The maximum Gasteiger partial charge on any atom is 0.263 e. The van der Waals surface area contributed by atoms with Crippen molar-refractivity contribution in [2.75, 3.05) is 15.4 Å². The van der Waals surface area contributed by atoms with E-state index in [9.17, 15) is 8.42 Å². The van der Waals surface area contributed by atoms with Gasteiger partial charge in [0.1, 0.15) is 5.76 Å². The van der Waals surface area contributed by atoms with Gasteiger partial charge in [0, 0.05) is 16.2 Å². The molecular formula is C17H14BrClN4O3S2. The number of hydrogen-bond acceptors (Lipinski definition) is 5. The van der Waals surface area contributed by atoms with Crippen LogP contribution in [0.15, 0.2) is 62.4 Å². The summed E-state index contributed by atoms with van der Waals surface area (Å²) in [5.41, 5.74) is 1.26. The second-order valence-electron chi connectivity index (χ2n) is 5.66. The predicted molar refractivity (Wildman–Crippen MR) is 117 cm³/mol. The summed E-state index contributed by atoms with van der Waals surface area (Å²) in [6.07, 6.45) is 0. The Kier molecular flexibility index (Phi) is 6.23. The van der Waals surface area contributed by atoms with Crippen LogP contribution in [0.25, 0.3) is 0 Å². The van der Waals surface area contributed by atoms with Crippen LogP contribution in [0.2, 0.25) is 5.02 Å². The van der Waals surface area contributed by atoms with Crippen LogP contribution in [0.3, 0.4) is 0 Å². The SMILES string of the molecule is Cc1cc(NS(=O)(=O)c2ccc(NC(=S)Nc3ccc(Br)cc3Cl)cc2)no1. The van der Waals surface area contributed by atoms with E-state index in [0.29, 0.717) is 27.3 Å². The van der Waals surface area contributed by atoms with Gasteiger partial charge in [0.15, 0.2) is 10.9 Å². The summed E-state index contributed by atoms with van der Waals surface area (Å²) in [7, 11) is -3.77. The first-order valence-corrected chi connectivity index (χ1v) is 10.9. The molecule has 3 aromatic rings. The van der Waals surface area contributed by atoms with E-state index in [4.69, 9.17) is 28.3 Å². The van der Waals surface area contributed by atoms with E-state index in [2.05, 4.69) is 36.4 Å². The molecule has 3 N–H and O–H groups in total. The third-order valence-corrected chi connectivity index (χ3v) is 5.85. The van der Waals surface area contributed by atoms with E-state index in [1.165, 1.54) is 18.2 Å². The van der Waals surface area contributed by atoms with Gasteiger partial charge < -0.3 is 15.2 Å². The van der Waals surface area contributed by atoms with Crippen molar-refractivity contribution in [1.82, 2.24) is 5.16 Å². The zero-order chi connectivity index (χ0) is 20.3. The third-order valence-electron chi connectivity index (χ3n) is 3.47. The van der Waals surface area contributed by atoms with Crippen LogP contribution in [-0.4, -0.2) is 18.7 Å². The van der Waals surface area contributed by atoms with Crippen molar-refractivity contribution in [1.29, 1.82) is 0 Å². The van der Waals surface area contributed by atoms with Crippen molar-refractivity contribution in [3.05, 3.63) is 63.8 Å². The van der Waals surface area contributed by atoms with Crippen molar-refractivity contribution in [3.63, 3.8) is 0 Å². The highest BCUT2D eigenvalue weighted by atomic mass is 79.9. The highest BCUT2D eigenvalue weighted by molar-refractivity contribution is 9.10. The maximum atomic E-state index is 12.4. The fourth-order valence-electron chi connectivity index (χ4n) is 2.20. The number of thiocarbonyl (C=S) groups is 1. The summed E-state index contributed by atoms with van der Waals surface area (Å²) in [5, 5.41) is 10.4. The molecule has 0 aliphatic rings. The topological polar surface area (TPSA) is 96.3 Å². The number of benzene rings is 2. The van der Waals surface area contributed by atoms with Gasteiger partial charge >= 0.3 is 0 Å². The molecule has 0 fully saturated rings. The number of aromatic nitrogens is 1. The van der Waals surface area contributed by atoms with Gasteiger partial charge in [-0.05, 0) is 61.6 Å². The first-order chi connectivity index (χ1) is 13.2. The van der Waals surface area contributed by atoms with Gasteiger partial charge in [-0.25, -0.2) is 8.42 Å². The zero-order valence-electron chi connectivity index (χ0n) is 14.4. The summed E-state index contributed by atoms with van der Waals surface area (Å²) in [6.45, 7) is 1.67. The Morgan fingerprint density at radius 1 is 1.14 bits per heavy atom. The Balaban J connectivity index is 1.66. The van der Waals surface area contributed by atoms with Crippen LogP contribution in [-0.2, 0) is 10.0 Å². The van der Waals surface area contributed by atoms with Gasteiger partial charge in [0.2, 0.25) is 0 Å². The Morgan fingerprint density at radius 3 is 2.46 bits per heavy atom. The Labute approximate surface area is 180 Å². The molecule has 146 valence electrons. The van der Waals surface area contributed by atoms with Gasteiger partial charge in [0.05, 0.1) is 15.6 Å². The number of anilines is 3. The highest BCUT2D eigenvalue weighted by Crippen LogP contribution is 2.26. The largest absolute Gasteiger partial charge is 0.360 e. The van der Waals surface area contributed by atoms with E-state index in [0.717, 1.165) is 4.47 Å². The van der Waals surface area contributed by atoms with Crippen LogP contribution >= 0.6 is 39.7 Å². The molecule has 0 spiro atoms. The van der Waals surface area contributed by atoms with Crippen LogP contribution in [0.5, 0.6) is 0 Å². The molecular weight excluding hydrogens is 488 g/mol. The number of aryl methyl sites for hydroxylation is 1. The summed E-state index contributed by atoms with van der Waals surface area (Å²) in [6, 6.07) is 13.0. The molecule has 0 radical (unpaired) electrons. The Bertz CT molecular complexity index is 1120. The smallest absolute Gasteiger partial charge is 0.263 e. The second-order valence-corrected chi connectivity index (χ2v) is 9.07. The van der Waals surface area contributed by atoms with E-state index in [1.807, 2.05) is 6.07 Å². The standard InChI is InChI=1S/C17H14BrClN4O3S2/c1-10-8-16(22-26-10)23-28(24,25)13-5-3-12(4-6-13)20-17(27)21-15-7-2-11(18)9-14(15)19/h2-9H,1H3,(H,22,23)(H2,20,21,27). The lowest BCUT2D eigenvalue weighted by atomic mass is 10.3. The molecule has 0 saturated carbocycles. The number of nitrogens with one attached hydrogen (secondary N) is 3. The lowest BCUT2D eigenvalue weighted by Crippen LogP contribution is -2.19. The number of hydrogen-bond donors (Lipinski definition) is 3. The number of sulfonamides is 1. The van der Waals surface area contributed by atoms with Crippen molar-refractivity contribution in [3.8, 4) is 0 Å². The lowest BCUT2D eigenvalue weighted by Gasteiger charge is -2.12. The molecule has 1 aromatic heterocycles. The highest BCUT2D eigenvalue weighted by Gasteiger charge is 2.16. The summed E-state index contributed by atoms with van der Waals surface area (Å²) in [5.74, 6) is 0.626. The molecule has 28 heavy (non-hydrogen) atoms. The zero-order valence-corrected chi connectivity index (χ0v) is 18.3. The van der Waals surface area contributed by atoms with Crippen LogP contribution in [0.4, 0.5) is 17.2 Å². The average molecular weight is 502 g/mol. The summed E-state index contributed by atoms with van der Waals surface area (Å²) >= 11 is 14.8. The molecule has 7 nitrogen and oxygen atoms in total. The number of nitrogens with zero attached hydrogens (tertiary/aromatic N) is 1. The van der Waals surface area contributed by atoms with Gasteiger partial charge in [-0.3, -0.25) is 4.72 Å². The first kappa shape index (κ1) is 20.6. The van der Waals surface area contributed by atoms with E-state index < -0.39 is 10.0 Å². The summed E-state index contributed by atoms with van der Waals surface area (Å²) < 4.78 is 32.8. The molecule has 0 aliphatic heterocycles. The lowest BCUT2D eigenvalue weighted by molar-refractivity contribution is 0.400. The minimum Gasteiger partial charge on any atom is -0.360 e.